The first kappa shape index (κ1) is 21.2. The fraction of sp³-hybridized carbons (Fsp3) is 0.316. The Balaban J connectivity index is 1.80. The molecule has 1 N–H and O–H groups in total. The van der Waals surface area contributed by atoms with Crippen LogP contribution in [0.3, 0.4) is 0 Å². The molecule has 8 heteroatoms. The Kier molecular flexibility index (Phi) is 7.24. The van der Waals surface area contributed by atoms with Crippen LogP contribution in [0, 0.1) is 6.92 Å². The van der Waals surface area contributed by atoms with Crippen LogP contribution in [0.1, 0.15) is 18.4 Å². The number of amides is 1. The molecule has 0 fully saturated rings. The molecule has 0 aromatic heterocycles. The number of anilines is 1. The van der Waals surface area contributed by atoms with Gasteiger partial charge in [-0.3, -0.25) is 4.79 Å². The van der Waals surface area contributed by atoms with Crippen molar-refractivity contribution >= 4 is 33.2 Å². The van der Waals surface area contributed by atoms with Gasteiger partial charge >= 0.3 is 0 Å². The van der Waals surface area contributed by atoms with Gasteiger partial charge in [-0.25, -0.2) is 12.7 Å². The highest BCUT2D eigenvalue weighted by Crippen LogP contribution is 2.22. The molecule has 0 radical (unpaired) electrons. The highest BCUT2D eigenvalue weighted by atomic mass is 35.5. The number of carbonyl (C=O) groups is 1. The van der Waals surface area contributed by atoms with Gasteiger partial charge in [-0.1, -0.05) is 11.6 Å². The largest absolute Gasteiger partial charge is 0.493 e. The zero-order valence-corrected chi connectivity index (χ0v) is 17.1. The van der Waals surface area contributed by atoms with Crippen LogP contribution in [0.25, 0.3) is 0 Å². The maximum absolute atomic E-state index is 12.0. The lowest BCUT2D eigenvalue weighted by Crippen LogP contribution is -2.22. The summed E-state index contributed by atoms with van der Waals surface area (Å²) in [4.78, 5) is 12.2. The Bertz CT molecular complexity index is 896. The molecule has 0 heterocycles. The molecule has 0 atom stereocenters. The molecular formula is C19H23ClN2O4S. The molecule has 2 aromatic rings. The average molecular weight is 411 g/mol. The molecule has 146 valence electrons. The molecule has 0 spiro atoms. The molecule has 0 aliphatic heterocycles. The summed E-state index contributed by atoms with van der Waals surface area (Å²) in [6.07, 6.45) is 0.853. The van der Waals surface area contributed by atoms with E-state index in [1.807, 2.05) is 13.0 Å². The molecular weight excluding hydrogens is 388 g/mol. The molecule has 2 rings (SSSR count). The van der Waals surface area contributed by atoms with Gasteiger partial charge in [0.25, 0.3) is 0 Å². The lowest BCUT2D eigenvalue weighted by atomic mass is 10.2. The summed E-state index contributed by atoms with van der Waals surface area (Å²) >= 11 is 5.90. The maximum Gasteiger partial charge on any atom is 0.242 e. The van der Waals surface area contributed by atoms with Gasteiger partial charge in [-0.15, -0.1) is 0 Å². The first-order chi connectivity index (χ1) is 12.7. The van der Waals surface area contributed by atoms with E-state index in [0.717, 1.165) is 15.6 Å². The Morgan fingerprint density at radius 1 is 1.15 bits per heavy atom. The van der Waals surface area contributed by atoms with Crippen molar-refractivity contribution in [2.24, 2.45) is 0 Å². The zero-order valence-electron chi connectivity index (χ0n) is 15.5. The van der Waals surface area contributed by atoms with E-state index in [-0.39, 0.29) is 10.8 Å². The van der Waals surface area contributed by atoms with Crippen molar-refractivity contribution in [3.63, 3.8) is 0 Å². The van der Waals surface area contributed by atoms with Crippen molar-refractivity contribution < 1.29 is 17.9 Å². The maximum atomic E-state index is 12.0. The fourth-order valence-electron chi connectivity index (χ4n) is 2.33. The van der Waals surface area contributed by atoms with Crippen LogP contribution in [-0.4, -0.2) is 39.3 Å². The third kappa shape index (κ3) is 5.95. The summed E-state index contributed by atoms with van der Waals surface area (Å²) in [5, 5.41) is 3.40. The molecule has 6 nitrogen and oxygen atoms in total. The molecule has 0 aliphatic carbocycles. The van der Waals surface area contributed by atoms with Gasteiger partial charge in [0.2, 0.25) is 15.9 Å². The minimum atomic E-state index is -3.48. The van der Waals surface area contributed by atoms with Crippen molar-refractivity contribution in [1.82, 2.24) is 4.31 Å². The van der Waals surface area contributed by atoms with Crippen molar-refractivity contribution in [2.75, 3.05) is 26.0 Å². The SMILES string of the molecule is Cc1cc(Cl)ccc1OCCCC(=O)Nc1ccc(S(=O)(=O)N(C)C)cc1. The smallest absolute Gasteiger partial charge is 0.242 e. The minimum Gasteiger partial charge on any atom is -0.493 e. The number of hydrogen-bond acceptors (Lipinski definition) is 4. The Labute approximate surface area is 165 Å². The number of rotatable bonds is 8. The summed E-state index contributed by atoms with van der Waals surface area (Å²) in [7, 11) is -0.535. The van der Waals surface area contributed by atoms with Crippen LogP contribution in [0.15, 0.2) is 47.4 Å². The quantitative estimate of drug-likeness (QED) is 0.673. The summed E-state index contributed by atoms with van der Waals surface area (Å²) < 4.78 is 30.8. The first-order valence-electron chi connectivity index (χ1n) is 8.41. The average Bonchev–Trinajstić information content (AvgIpc) is 2.60. The van der Waals surface area contributed by atoms with Crippen LogP contribution in [0.5, 0.6) is 5.75 Å². The number of nitrogens with zero attached hydrogens (tertiary/aromatic N) is 1. The van der Waals surface area contributed by atoms with Crippen LogP contribution < -0.4 is 10.1 Å². The minimum absolute atomic E-state index is 0.158. The van der Waals surface area contributed by atoms with E-state index >= 15 is 0 Å². The Hall–Kier alpha value is -2.09. The van der Waals surface area contributed by atoms with Crippen molar-refractivity contribution in [3.05, 3.63) is 53.1 Å². The van der Waals surface area contributed by atoms with Crippen molar-refractivity contribution in [2.45, 2.75) is 24.7 Å². The number of nitrogens with one attached hydrogen (secondary N) is 1. The topological polar surface area (TPSA) is 75.7 Å². The number of halogens is 1. The second kappa shape index (κ2) is 9.21. The number of carbonyl (C=O) groups excluding carboxylic acids is 1. The van der Waals surface area contributed by atoms with E-state index in [9.17, 15) is 13.2 Å². The number of benzene rings is 2. The van der Waals surface area contributed by atoms with Crippen LogP contribution in [0.4, 0.5) is 5.69 Å². The van der Waals surface area contributed by atoms with Gasteiger partial charge in [0, 0.05) is 31.2 Å². The predicted octanol–water partition coefficient (Wildman–Crippen LogP) is 3.70. The first-order valence-corrected chi connectivity index (χ1v) is 10.2. The Morgan fingerprint density at radius 2 is 1.81 bits per heavy atom. The lowest BCUT2D eigenvalue weighted by molar-refractivity contribution is -0.116. The van der Waals surface area contributed by atoms with Crippen LogP contribution >= 0.6 is 11.6 Å². The van der Waals surface area contributed by atoms with E-state index < -0.39 is 10.0 Å². The normalized spacial score (nSPS) is 11.4. The molecule has 27 heavy (non-hydrogen) atoms. The van der Waals surface area contributed by atoms with Gasteiger partial charge in [-0.2, -0.15) is 0 Å². The van der Waals surface area contributed by atoms with E-state index in [4.69, 9.17) is 16.3 Å². The third-order valence-electron chi connectivity index (χ3n) is 3.86. The monoisotopic (exact) mass is 410 g/mol. The molecule has 0 unspecified atom stereocenters. The second-order valence-electron chi connectivity index (χ2n) is 6.22. The van der Waals surface area contributed by atoms with Crippen LogP contribution in [-0.2, 0) is 14.8 Å². The standard InChI is InChI=1S/C19H23ClN2O4S/c1-14-13-15(20)6-11-18(14)26-12-4-5-19(23)21-16-7-9-17(10-8-16)27(24,25)22(2)3/h6-11,13H,4-5,12H2,1-3H3,(H,21,23). The molecule has 0 aliphatic rings. The van der Waals surface area contributed by atoms with Crippen molar-refractivity contribution in [1.29, 1.82) is 0 Å². The van der Waals surface area contributed by atoms with Crippen LogP contribution in [0.2, 0.25) is 5.02 Å². The number of ether oxygens (including phenoxy) is 1. The lowest BCUT2D eigenvalue weighted by Gasteiger charge is -2.12. The van der Waals surface area contributed by atoms with E-state index in [1.54, 1.807) is 24.3 Å². The highest BCUT2D eigenvalue weighted by molar-refractivity contribution is 7.89. The molecule has 0 saturated heterocycles. The molecule has 0 bridgehead atoms. The molecule has 2 aromatic carbocycles. The fourth-order valence-corrected chi connectivity index (χ4v) is 3.46. The summed E-state index contributed by atoms with van der Waals surface area (Å²) in [5.74, 6) is 0.590. The third-order valence-corrected chi connectivity index (χ3v) is 5.92. The summed E-state index contributed by atoms with van der Waals surface area (Å²) in [6, 6.07) is 11.5. The van der Waals surface area contributed by atoms with Gasteiger partial charge < -0.3 is 10.1 Å². The predicted molar refractivity (Wildman–Crippen MR) is 107 cm³/mol. The van der Waals surface area contributed by atoms with E-state index in [2.05, 4.69) is 5.32 Å². The van der Waals surface area contributed by atoms with E-state index in [0.29, 0.717) is 30.2 Å². The second-order valence-corrected chi connectivity index (χ2v) is 8.81. The Morgan fingerprint density at radius 3 is 2.41 bits per heavy atom. The zero-order chi connectivity index (χ0) is 20.0. The van der Waals surface area contributed by atoms with E-state index in [1.165, 1.54) is 26.2 Å². The number of hydrogen-bond donors (Lipinski definition) is 1. The summed E-state index contributed by atoms with van der Waals surface area (Å²) in [5.41, 5.74) is 1.49. The molecule has 0 saturated carbocycles. The van der Waals surface area contributed by atoms with Gasteiger partial charge in [0.15, 0.2) is 0 Å². The van der Waals surface area contributed by atoms with Crippen molar-refractivity contribution in [3.8, 4) is 5.75 Å². The van der Waals surface area contributed by atoms with Gasteiger partial charge in [-0.05, 0) is 61.4 Å². The van der Waals surface area contributed by atoms with Gasteiger partial charge in [0.05, 0.1) is 11.5 Å². The highest BCUT2D eigenvalue weighted by Gasteiger charge is 2.16. The van der Waals surface area contributed by atoms with Gasteiger partial charge in [0.1, 0.15) is 5.75 Å². The molecule has 1 amide bonds. The summed E-state index contributed by atoms with van der Waals surface area (Å²) in [6.45, 7) is 2.32. The number of sulfonamides is 1. The number of aryl methyl sites for hydroxylation is 1.